The third-order valence-corrected chi connectivity index (χ3v) is 3.86. The van der Waals surface area contributed by atoms with E-state index in [4.69, 9.17) is 0 Å². The number of rotatable bonds is 1. The minimum absolute atomic E-state index is 0.112. The fraction of sp³-hybridized carbons (Fsp3) is 0.769. The summed E-state index contributed by atoms with van der Waals surface area (Å²) in [4.78, 5) is 16.3. The number of amides is 1. The molecule has 2 aliphatic heterocycles. The van der Waals surface area contributed by atoms with Crippen LogP contribution in [0.15, 0.2) is 12.7 Å². The Morgan fingerprint density at radius 1 is 1.25 bits per heavy atom. The predicted octanol–water partition coefficient (Wildman–Crippen LogP) is 1.65. The quantitative estimate of drug-likeness (QED) is 0.630. The average molecular weight is 222 g/mol. The highest BCUT2D eigenvalue weighted by Crippen LogP contribution is 2.33. The Hall–Kier alpha value is -0.830. The maximum atomic E-state index is 11.8. The number of likely N-dealkylation sites (tertiary alicyclic amines) is 1. The summed E-state index contributed by atoms with van der Waals surface area (Å²) in [5.41, 5.74) is 0.212. The molecule has 0 aromatic carbocycles. The van der Waals surface area contributed by atoms with Crippen molar-refractivity contribution < 1.29 is 4.79 Å². The largest absolute Gasteiger partial charge is 0.331 e. The fourth-order valence-electron chi connectivity index (χ4n) is 2.92. The molecule has 2 unspecified atom stereocenters. The van der Waals surface area contributed by atoms with E-state index in [0.29, 0.717) is 12.1 Å². The van der Waals surface area contributed by atoms with Gasteiger partial charge < -0.3 is 4.90 Å². The number of hydrogen-bond donors (Lipinski definition) is 0. The van der Waals surface area contributed by atoms with E-state index in [1.165, 1.54) is 6.08 Å². The van der Waals surface area contributed by atoms with Crippen molar-refractivity contribution in [1.29, 1.82) is 0 Å². The molecule has 2 aliphatic rings. The van der Waals surface area contributed by atoms with E-state index in [-0.39, 0.29) is 11.4 Å². The second-order valence-corrected chi connectivity index (χ2v) is 5.91. The van der Waals surface area contributed by atoms with E-state index >= 15 is 0 Å². The second-order valence-electron chi connectivity index (χ2n) is 5.91. The second kappa shape index (κ2) is 3.88. The van der Waals surface area contributed by atoms with Crippen LogP contribution >= 0.6 is 0 Å². The van der Waals surface area contributed by atoms with Crippen molar-refractivity contribution in [1.82, 2.24) is 9.80 Å². The van der Waals surface area contributed by atoms with E-state index in [1.807, 2.05) is 0 Å². The molecule has 0 aromatic heterocycles. The van der Waals surface area contributed by atoms with Crippen LogP contribution in [0.1, 0.15) is 33.6 Å². The van der Waals surface area contributed by atoms with Gasteiger partial charge in [-0.3, -0.25) is 9.69 Å². The van der Waals surface area contributed by atoms with Gasteiger partial charge in [0.2, 0.25) is 5.91 Å². The van der Waals surface area contributed by atoms with E-state index in [2.05, 4.69) is 37.1 Å². The maximum Gasteiger partial charge on any atom is 0.246 e. The molecule has 90 valence electrons. The first-order valence-corrected chi connectivity index (χ1v) is 6.13. The third-order valence-electron chi connectivity index (χ3n) is 3.86. The van der Waals surface area contributed by atoms with Gasteiger partial charge in [-0.1, -0.05) is 6.58 Å². The lowest BCUT2D eigenvalue weighted by Crippen LogP contribution is -2.59. The number of carbonyl (C=O) groups is 1. The Labute approximate surface area is 98.1 Å². The van der Waals surface area contributed by atoms with Crippen LogP contribution in [0.2, 0.25) is 0 Å². The van der Waals surface area contributed by atoms with Crippen molar-refractivity contribution in [3.63, 3.8) is 0 Å². The number of hydrogen-bond acceptors (Lipinski definition) is 2. The number of carbonyl (C=O) groups excluding carboxylic acids is 1. The molecule has 0 N–H and O–H groups in total. The average Bonchev–Trinajstić information content (AvgIpc) is 2.46. The first-order chi connectivity index (χ1) is 7.43. The molecule has 0 spiro atoms. The zero-order valence-corrected chi connectivity index (χ0v) is 10.6. The molecule has 2 fully saturated rings. The van der Waals surface area contributed by atoms with Crippen LogP contribution in [-0.4, -0.2) is 46.4 Å². The summed E-state index contributed by atoms with van der Waals surface area (Å²) in [6.07, 6.45) is 3.76. The molecular weight excluding hydrogens is 200 g/mol. The van der Waals surface area contributed by atoms with Gasteiger partial charge in [0.05, 0.1) is 0 Å². The molecule has 2 bridgehead atoms. The highest BCUT2D eigenvalue weighted by molar-refractivity contribution is 5.87. The molecule has 0 aromatic rings. The molecule has 1 amide bonds. The van der Waals surface area contributed by atoms with Crippen LogP contribution < -0.4 is 0 Å². The number of piperazine rings is 1. The first kappa shape index (κ1) is 11.6. The predicted molar refractivity (Wildman–Crippen MR) is 65.2 cm³/mol. The van der Waals surface area contributed by atoms with Gasteiger partial charge >= 0.3 is 0 Å². The molecule has 2 heterocycles. The van der Waals surface area contributed by atoms with Crippen molar-refractivity contribution in [2.24, 2.45) is 0 Å². The molecule has 2 saturated heterocycles. The Balaban J connectivity index is 2.12. The van der Waals surface area contributed by atoms with Crippen LogP contribution in [0.5, 0.6) is 0 Å². The molecule has 0 saturated carbocycles. The first-order valence-electron chi connectivity index (χ1n) is 6.13. The van der Waals surface area contributed by atoms with Gasteiger partial charge in [0, 0.05) is 30.7 Å². The van der Waals surface area contributed by atoms with Gasteiger partial charge in [-0.15, -0.1) is 0 Å². The van der Waals surface area contributed by atoms with Crippen LogP contribution in [0.25, 0.3) is 0 Å². The van der Waals surface area contributed by atoms with Crippen molar-refractivity contribution in [2.75, 3.05) is 13.1 Å². The Bertz CT molecular complexity index is 292. The summed E-state index contributed by atoms with van der Waals surface area (Å²) >= 11 is 0. The van der Waals surface area contributed by atoms with Crippen LogP contribution in [0.3, 0.4) is 0 Å². The van der Waals surface area contributed by atoms with Crippen LogP contribution in [0.4, 0.5) is 0 Å². The molecule has 0 radical (unpaired) electrons. The molecule has 3 nitrogen and oxygen atoms in total. The van der Waals surface area contributed by atoms with Gasteiger partial charge in [-0.2, -0.15) is 0 Å². The van der Waals surface area contributed by atoms with E-state index in [0.717, 1.165) is 25.9 Å². The minimum Gasteiger partial charge on any atom is -0.331 e. The van der Waals surface area contributed by atoms with Gasteiger partial charge in [0.25, 0.3) is 0 Å². The summed E-state index contributed by atoms with van der Waals surface area (Å²) in [5.74, 6) is 0.112. The Kier molecular flexibility index (Phi) is 2.82. The standard InChI is InChI=1S/C13H22N2O/c1-5-12(16)15-10-6-7-11(15)9-14(8-10)13(2,3)4/h5,10-11H,1,6-9H2,2-4H3. The van der Waals surface area contributed by atoms with E-state index in [9.17, 15) is 4.79 Å². The highest BCUT2D eigenvalue weighted by atomic mass is 16.2. The smallest absolute Gasteiger partial charge is 0.246 e. The van der Waals surface area contributed by atoms with Crippen molar-refractivity contribution >= 4 is 5.91 Å². The summed E-state index contributed by atoms with van der Waals surface area (Å²) < 4.78 is 0. The highest BCUT2D eigenvalue weighted by Gasteiger charge is 2.43. The maximum absolute atomic E-state index is 11.8. The van der Waals surface area contributed by atoms with Gasteiger partial charge in [0.15, 0.2) is 0 Å². The van der Waals surface area contributed by atoms with Crippen molar-refractivity contribution in [3.8, 4) is 0 Å². The molecule has 0 aliphatic carbocycles. The number of nitrogens with zero attached hydrogens (tertiary/aromatic N) is 2. The van der Waals surface area contributed by atoms with Crippen molar-refractivity contribution in [3.05, 3.63) is 12.7 Å². The summed E-state index contributed by atoms with van der Waals surface area (Å²) in [7, 11) is 0. The van der Waals surface area contributed by atoms with Gasteiger partial charge in [0.1, 0.15) is 0 Å². The lowest BCUT2D eigenvalue weighted by Gasteiger charge is -2.46. The molecule has 3 heteroatoms. The fourth-order valence-corrected chi connectivity index (χ4v) is 2.92. The summed E-state index contributed by atoms with van der Waals surface area (Å²) in [6, 6.07) is 0.812. The van der Waals surface area contributed by atoms with Gasteiger partial charge in [-0.05, 0) is 39.7 Å². The molecule has 16 heavy (non-hydrogen) atoms. The van der Waals surface area contributed by atoms with E-state index in [1.54, 1.807) is 0 Å². The lowest BCUT2D eigenvalue weighted by atomic mass is 10.0. The zero-order chi connectivity index (χ0) is 11.9. The minimum atomic E-state index is 0.112. The lowest BCUT2D eigenvalue weighted by molar-refractivity contribution is -0.132. The van der Waals surface area contributed by atoms with Gasteiger partial charge in [-0.25, -0.2) is 0 Å². The monoisotopic (exact) mass is 222 g/mol. The van der Waals surface area contributed by atoms with Crippen molar-refractivity contribution in [2.45, 2.75) is 51.2 Å². The van der Waals surface area contributed by atoms with E-state index < -0.39 is 0 Å². The summed E-state index contributed by atoms with van der Waals surface area (Å²) in [6.45, 7) is 12.4. The summed E-state index contributed by atoms with van der Waals surface area (Å²) in [5, 5.41) is 0. The third kappa shape index (κ3) is 1.88. The molecular formula is C13H22N2O. The Morgan fingerprint density at radius 3 is 2.12 bits per heavy atom. The zero-order valence-electron chi connectivity index (χ0n) is 10.6. The Morgan fingerprint density at radius 2 is 1.75 bits per heavy atom. The number of fused-ring (bicyclic) bond motifs is 2. The van der Waals surface area contributed by atoms with Crippen LogP contribution in [-0.2, 0) is 4.79 Å². The van der Waals surface area contributed by atoms with Crippen LogP contribution in [0, 0.1) is 0 Å². The molecule has 2 atom stereocenters. The molecule has 2 rings (SSSR count). The normalized spacial score (nSPS) is 30.6. The topological polar surface area (TPSA) is 23.6 Å². The SMILES string of the molecule is C=CC(=O)N1C2CCC1CN(C(C)(C)C)C2.